The lowest BCUT2D eigenvalue weighted by atomic mass is 9.77. The van der Waals surface area contributed by atoms with Crippen molar-refractivity contribution in [1.82, 2.24) is 0 Å². The van der Waals surface area contributed by atoms with Gasteiger partial charge in [0.25, 0.3) is 0 Å². The molecule has 0 unspecified atom stereocenters. The minimum atomic E-state index is 0.232. The Morgan fingerprint density at radius 1 is 0.889 bits per heavy atom. The predicted molar refractivity (Wildman–Crippen MR) is 79.0 cm³/mol. The van der Waals surface area contributed by atoms with Gasteiger partial charge in [-0.2, -0.15) is 0 Å². The van der Waals surface area contributed by atoms with Crippen molar-refractivity contribution in [2.24, 2.45) is 11.3 Å². The molecule has 0 spiro atoms. The molecular formula is C16H34O2. The largest absolute Gasteiger partial charge is 0.381 e. The summed E-state index contributed by atoms with van der Waals surface area (Å²) in [6, 6.07) is 0. The molecule has 0 aliphatic rings. The summed E-state index contributed by atoms with van der Waals surface area (Å²) in [4.78, 5) is 0. The van der Waals surface area contributed by atoms with Gasteiger partial charge in [0, 0.05) is 18.6 Å². The van der Waals surface area contributed by atoms with Crippen molar-refractivity contribution < 1.29 is 9.47 Å². The van der Waals surface area contributed by atoms with Crippen LogP contribution in [0.4, 0.5) is 0 Å². The van der Waals surface area contributed by atoms with E-state index in [1.165, 1.54) is 32.1 Å². The van der Waals surface area contributed by atoms with Crippen molar-refractivity contribution in [1.29, 1.82) is 0 Å². The van der Waals surface area contributed by atoms with E-state index in [1.807, 2.05) is 0 Å². The van der Waals surface area contributed by atoms with E-state index >= 15 is 0 Å². The van der Waals surface area contributed by atoms with E-state index in [-0.39, 0.29) is 5.41 Å². The van der Waals surface area contributed by atoms with E-state index in [0.717, 1.165) is 26.4 Å². The Morgan fingerprint density at radius 2 is 1.44 bits per heavy atom. The average Bonchev–Trinajstić information content (AvgIpc) is 2.33. The summed E-state index contributed by atoms with van der Waals surface area (Å²) in [6.07, 6.45) is 6.33. The molecule has 0 aromatic heterocycles. The molecule has 110 valence electrons. The molecule has 0 aliphatic heterocycles. The number of rotatable bonds is 12. The van der Waals surface area contributed by atoms with E-state index in [2.05, 4.69) is 34.6 Å². The molecule has 0 N–H and O–H groups in total. The van der Waals surface area contributed by atoms with Crippen LogP contribution in [0.2, 0.25) is 0 Å². The van der Waals surface area contributed by atoms with Gasteiger partial charge >= 0.3 is 0 Å². The Hall–Kier alpha value is -0.0800. The summed E-state index contributed by atoms with van der Waals surface area (Å²) in [5, 5.41) is 0. The fourth-order valence-electron chi connectivity index (χ4n) is 2.66. The highest BCUT2D eigenvalue weighted by atomic mass is 16.5. The lowest BCUT2D eigenvalue weighted by molar-refractivity contribution is -0.0340. The molecule has 0 aromatic carbocycles. The summed E-state index contributed by atoms with van der Waals surface area (Å²) in [5.74, 6) is 0.701. The zero-order valence-corrected chi connectivity index (χ0v) is 13.3. The van der Waals surface area contributed by atoms with Crippen LogP contribution in [0.5, 0.6) is 0 Å². The van der Waals surface area contributed by atoms with E-state index < -0.39 is 0 Å². The number of ether oxygens (including phenoxy) is 2. The van der Waals surface area contributed by atoms with Gasteiger partial charge in [0.2, 0.25) is 0 Å². The molecule has 0 rings (SSSR count). The monoisotopic (exact) mass is 258 g/mol. The second-order valence-electron chi connectivity index (χ2n) is 5.83. The van der Waals surface area contributed by atoms with Crippen LogP contribution in [0, 0.1) is 11.3 Å². The lowest BCUT2D eigenvalue weighted by Gasteiger charge is -2.35. The molecule has 0 radical (unpaired) electrons. The average molecular weight is 258 g/mol. The standard InChI is InChI=1S/C16H34O2/c1-6-9-10-11-16(12-15(4)5,13-17-7-2)14-18-8-3/h15H,6-14H2,1-5H3. The zero-order chi connectivity index (χ0) is 13.9. The van der Waals surface area contributed by atoms with Gasteiger partial charge in [0.05, 0.1) is 13.2 Å². The van der Waals surface area contributed by atoms with Crippen LogP contribution in [0.15, 0.2) is 0 Å². The Kier molecular flexibility index (Phi) is 10.8. The van der Waals surface area contributed by atoms with Gasteiger partial charge in [-0.15, -0.1) is 0 Å². The summed E-state index contributed by atoms with van der Waals surface area (Å²) < 4.78 is 11.5. The zero-order valence-electron chi connectivity index (χ0n) is 13.3. The number of hydrogen-bond acceptors (Lipinski definition) is 2. The van der Waals surface area contributed by atoms with Gasteiger partial charge < -0.3 is 9.47 Å². The SMILES string of the molecule is CCCCCC(COCC)(COCC)CC(C)C. The lowest BCUT2D eigenvalue weighted by Crippen LogP contribution is -2.34. The topological polar surface area (TPSA) is 18.5 Å². The Morgan fingerprint density at radius 3 is 1.83 bits per heavy atom. The smallest absolute Gasteiger partial charge is 0.0544 e. The first kappa shape index (κ1) is 17.9. The Bertz CT molecular complexity index is 170. The highest BCUT2D eigenvalue weighted by Crippen LogP contribution is 2.33. The molecule has 2 heteroatoms. The summed E-state index contributed by atoms with van der Waals surface area (Å²) in [6.45, 7) is 14.3. The van der Waals surface area contributed by atoms with Crippen LogP contribution in [-0.4, -0.2) is 26.4 Å². The van der Waals surface area contributed by atoms with Gasteiger partial charge in [-0.05, 0) is 32.6 Å². The van der Waals surface area contributed by atoms with Gasteiger partial charge in [0.1, 0.15) is 0 Å². The van der Waals surface area contributed by atoms with Gasteiger partial charge in [0.15, 0.2) is 0 Å². The van der Waals surface area contributed by atoms with Crippen LogP contribution < -0.4 is 0 Å². The fraction of sp³-hybridized carbons (Fsp3) is 1.00. The molecule has 0 heterocycles. The molecule has 2 nitrogen and oxygen atoms in total. The van der Waals surface area contributed by atoms with Crippen molar-refractivity contribution in [3.63, 3.8) is 0 Å². The van der Waals surface area contributed by atoms with Crippen molar-refractivity contribution in [3.05, 3.63) is 0 Å². The third-order valence-electron chi connectivity index (χ3n) is 3.38. The first-order valence-electron chi connectivity index (χ1n) is 7.75. The van der Waals surface area contributed by atoms with Crippen molar-refractivity contribution in [2.45, 2.75) is 66.7 Å². The fourth-order valence-corrected chi connectivity index (χ4v) is 2.66. The number of hydrogen-bond donors (Lipinski definition) is 0. The normalized spacial score (nSPS) is 12.3. The van der Waals surface area contributed by atoms with E-state index in [1.54, 1.807) is 0 Å². The highest BCUT2D eigenvalue weighted by Gasteiger charge is 2.31. The minimum absolute atomic E-state index is 0.232. The third kappa shape index (κ3) is 8.10. The summed E-state index contributed by atoms with van der Waals surface area (Å²) in [5.41, 5.74) is 0.232. The van der Waals surface area contributed by atoms with Crippen molar-refractivity contribution >= 4 is 0 Å². The molecule has 18 heavy (non-hydrogen) atoms. The Labute approximate surface area is 114 Å². The Balaban J connectivity index is 4.51. The van der Waals surface area contributed by atoms with Crippen LogP contribution in [0.25, 0.3) is 0 Å². The van der Waals surface area contributed by atoms with Gasteiger partial charge in [-0.25, -0.2) is 0 Å². The van der Waals surface area contributed by atoms with Crippen LogP contribution in [0.1, 0.15) is 66.7 Å². The highest BCUT2D eigenvalue weighted by molar-refractivity contribution is 4.80. The molecule has 0 atom stereocenters. The molecule has 0 bridgehead atoms. The molecule has 0 saturated heterocycles. The number of unbranched alkanes of at least 4 members (excludes halogenated alkanes) is 2. The molecule has 0 aromatic rings. The van der Waals surface area contributed by atoms with E-state index in [9.17, 15) is 0 Å². The first-order chi connectivity index (χ1) is 8.60. The van der Waals surface area contributed by atoms with Crippen LogP contribution in [-0.2, 0) is 9.47 Å². The molecule has 0 aliphatic carbocycles. The molecule has 0 saturated carbocycles. The minimum Gasteiger partial charge on any atom is -0.381 e. The van der Waals surface area contributed by atoms with Crippen molar-refractivity contribution in [2.75, 3.05) is 26.4 Å². The first-order valence-corrected chi connectivity index (χ1v) is 7.75. The molecule has 0 fully saturated rings. The predicted octanol–water partition coefficient (Wildman–Crippen LogP) is 4.67. The maximum atomic E-state index is 5.75. The molecular weight excluding hydrogens is 224 g/mol. The summed E-state index contributed by atoms with van der Waals surface area (Å²) >= 11 is 0. The maximum absolute atomic E-state index is 5.75. The van der Waals surface area contributed by atoms with Crippen LogP contribution >= 0.6 is 0 Å². The third-order valence-corrected chi connectivity index (χ3v) is 3.38. The van der Waals surface area contributed by atoms with E-state index in [0.29, 0.717) is 5.92 Å². The van der Waals surface area contributed by atoms with Gasteiger partial charge in [-0.1, -0.05) is 40.0 Å². The maximum Gasteiger partial charge on any atom is 0.0544 e. The van der Waals surface area contributed by atoms with E-state index in [4.69, 9.17) is 9.47 Å². The summed E-state index contributed by atoms with van der Waals surface area (Å²) in [7, 11) is 0. The second-order valence-corrected chi connectivity index (χ2v) is 5.83. The van der Waals surface area contributed by atoms with Crippen LogP contribution in [0.3, 0.4) is 0 Å². The molecule has 0 amide bonds. The quantitative estimate of drug-likeness (QED) is 0.473. The van der Waals surface area contributed by atoms with Crippen molar-refractivity contribution in [3.8, 4) is 0 Å². The van der Waals surface area contributed by atoms with Gasteiger partial charge in [-0.3, -0.25) is 0 Å². The second kappa shape index (κ2) is 10.8.